The molecule has 0 saturated heterocycles. The quantitative estimate of drug-likeness (QED) is 0.832. The lowest BCUT2D eigenvalue weighted by Gasteiger charge is -1.99. The summed E-state index contributed by atoms with van der Waals surface area (Å²) in [5.41, 5.74) is 1.21. The number of benzene rings is 1. The van der Waals surface area contributed by atoms with Gasteiger partial charge in [0.15, 0.2) is 0 Å². The molecule has 1 aromatic heterocycles. The van der Waals surface area contributed by atoms with Crippen molar-refractivity contribution in [3.05, 3.63) is 41.0 Å². The van der Waals surface area contributed by atoms with Crippen LogP contribution in [-0.2, 0) is 11.2 Å². The zero-order valence-electron chi connectivity index (χ0n) is 8.31. The molecule has 0 aliphatic heterocycles. The Bertz CT molecular complexity index is 519. The molecule has 16 heavy (non-hydrogen) atoms. The highest BCUT2D eigenvalue weighted by molar-refractivity contribution is 7.14. The molecule has 4 heteroatoms. The van der Waals surface area contributed by atoms with E-state index in [0.29, 0.717) is 16.0 Å². The lowest BCUT2D eigenvalue weighted by Crippen LogP contribution is -1.82. The molecule has 1 N–H and O–H groups in total. The Labute approximate surface area is 96.0 Å². The average molecular weight is 236 g/mol. The van der Waals surface area contributed by atoms with Gasteiger partial charge in [0.25, 0.3) is 0 Å². The molecule has 0 aliphatic rings. The first-order valence-corrected chi connectivity index (χ1v) is 5.59. The van der Waals surface area contributed by atoms with Crippen molar-refractivity contribution in [3.8, 4) is 16.2 Å². The third-order valence-electron chi connectivity index (χ3n) is 2.23. The van der Waals surface area contributed by atoms with Crippen LogP contribution in [0.15, 0.2) is 29.6 Å². The number of rotatable bonds is 3. The van der Waals surface area contributed by atoms with Crippen molar-refractivity contribution >= 4 is 17.6 Å². The standard InChI is InChI=1S/C12H9FO2S/c13-10-3-1-2-8(6-10)12-11(15)9(4-5-14)7-16-12/h1-3,5-7,15H,4H2. The van der Waals surface area contributed by atoms with E-state index in [1.54, 1.807) is 17.5 Å². The van der Waals surface area contributed by atoms with Crippen LogP contribution in [0.4, 0.5) is 4.39 Å². The van der Waals surface area contributed by atoms with Gasteiger partial charge in [-0.3, -0.25) is 0 Å². The van der Waals surface area contributed by atoms with Crippen LogP contribution in [0, 0.1) is 5.82 Å². The molecule has 0 radical (unpaired) electrons. The molecule has 1 aromatic carbocycles. The van der Waals surface area contributed by atoms with Crippen LogP contribution in [0.5, 0.6) is 5.75 Å². The second kappa shape index (κ2) is 4.45. The summed E-state index contributed by atoms with van der Waals surface area (Å²) in [7, 11) is 0. The van der Waals surface area contributed by atoms with Gasteiger partial charge in [-0.25, -0.2) is 4.39 Å². The Kier molecular flexibility index (Phi) is 3.01. The van der Waals surface area contributed by atoms with E-state index >= 15 is 0 Å². The van der Waals surface area contributed by atoms with Crippen LogP contribution < -0.4 is 0 Å². The number of aromatic hydroxyl groups is 1. The summed E-state index contributed by atoms with van der Waals surface area (Å²) >= 11 is 1.30. The minimum atomic E-state index is -0.345. The molecule has 82 valence electrons. The largest absolute Gasteiger partial charge is 0.506 e. The second-order valence-electron chi connectivity index (χ2n) is 3.32. The zero-order valence-corrected chi connectivity index (χ0v) is 9.13. The van der Waals surface area contributed by atoms with Gasteiger partial charge in [0.05, 0.1) is 4.88 Å². The summed E-state index contributed by atoms with van der Waals surface area (Å²) in [5, 5.41) is 11.5. The molecule has 0 aliphatic carbocycles. The van der Waals surface area contributed by atoms with Gasteiger partial charge >= 0.3 is 0 Å². The average Bonchev–Trinajstić information content (AvgIpc) is 2.61. The van der Waals surface area contributed by atoms with Gasteiger partial charge in [0.1, 0.15) is 17.9 Å². The molecule has 0 amide bonds. The molecular weight excluding hydrogens is 227 g/mol. The Morgan fingerprint density at radius 1 is 1.44 bits per heavy atom. The number of carbonyl (C=O) groups is 1. The van der Waals surface area contributed by atoms with Crippen molar-refractivity contribution in [2.75, 3.05) is 0 Å². The summed E-state index contributed by atoms with van der Waals surface area (Å²) in [5.74, 6) is -0.273. The summed E-state index contributed by atoms with van der Waals surface area (Å²) in [6.07, 6.45) is 0.911. The number of hydrogen-bond donors (Lipinski definition) is 1. The van der Waals surface area contributed by atoms with E-state index in [2.05, 4.69) is 0 Å². The van der Waals surface area contributed by atoms with Gasteiger partial charge in [0.2, 0.25) is 0 Å². The fourth-order valence-corrected chi connectivity index (χ4v) is 2.43. The Hall–Kier alpha value is -1.68. The summed E-state index contributed by atoms with van der Waals surface area (Å²) < 4.78 is 13.0. The maximum atomic E-state index is 13.0. The van der Waals surface area contributed by atoms with Gasteiger partial charge in [-0.15, -0.1) is 11.3 Å². The lowest BCUT2D eigenvalue weighted by molar-refractivity contribution is -0.107. The predicted molar refractivity (Wildman–Crippen MR) is 61.1 cm³/mol. The van der Waals surface area contributed by atoms with E-state index in [1.165, 1.54) is 23.5 Å². The first-order valence-electron chi connectivity index (χ1n) is 4.71. The van der Waals surface area contributed by atoms with E-state index in [9.17, 15) is 14.3 Å². The minimum Gasteiger partial charge on any atom is -0.506 e. The molecule has 0 spiro atoms. The molecule has 1 heterocycles. The predicted octanol–water partition coefficient (Wildman–Crippen LogP) is 3.00. The van der Waals surface area contributed by atoms with Crippen LogP contribution >= 0.6 is 11.3 Å². The zero-order chi connectivity index (χ0) is 11.5. The molecule has 0 saturated carbocycles. The van der Waals surface area contributed by atoms with E-state index in [-0.39, 0.29) is 18.0 Å². The highest BCUT2D eigenvalue weighted by Crippen LogP contribution is 2.38. The third kappa shape index (κ3) is 1.97. The van der Waals surface area contributed by atoms with Crippen molar-refractivity contribution in [2.24, 2.45) is 0 Å². The molecule has 0 bridgehead atoms. The summed E-state index contributed by atoms with van der Waals surface area (Å²) in [6, 6.07) is 6.01. The van der Waals surface area contributed by atoms with Gasteiger partial charge in [-0.2, -0.15) is 0 Å². The molecule has 0 unspecified atom stereocenters. The summed E-state index contributed by atoms with van der Waals surface area (Å²) in [4.78, 5) is 11.0. The monoisotopic (exact) mass is 236 g/mol. The van der Waals surface area contributed by atoms with Crippen LogP contribution in [0.1, 0.15) is 5.56 Å². The maximum Gasteiger partial charge on any atom is 0.137 e. The van der Waals surface area contributed by atoms with Gasteiger partial charge in [-0.05, 0) is 23.1 Å². The number of thiophene rings is 1. The second-order valence-corrected chi connectivity index (χ2v) is 4.20. The number of carbonyl (C=O) groups excluding carboxylic acids is 1. The van der Waals surface area contributed by atoms with E-state index < -0.39 is 0 Å². The van der Waals surface area contributed by atoms with Crippen LogP contribution in [0.3, 0.4) is 0 Å². The normalized spacial score (nSPS) is 10.3. The van der Waals surface area contributed by atoms with Gasteiger partial charge < -0.3 is 9.90 Å². The highest BCUT2D eigenvalue weighted by Gasteiger charge is 2.12. The van der Waals surface area contributed by atoms with Crippen molar-refractivity contribution in [2.45, 2.75) is 6.42 Å². The molecule has 0 fully saturated rings. The molecule has 2 nitrogen and oxygen atoms in total. The van der Waals surface area contributed by atoms with Crippen LogP contribution in [-0.4, -0.2) is 11.4 Å². The summed E-state index contributed by atoms with van der Waals surface area (Å²) in [6.45, 7) is 0. The topological polar surface area (TPSA) is 37.3 Å². The molecular formula is C12H9FO2S. The third-order valence-corrected chi connectivity index (χ3v) is 3.30. The van der Waals surface area contributed by atoms with E-state index in [4.69, 9.17) is 0 Å². The maximum absolute atomic E-state index is 13.0. The van der Waals surface area contributed by atoms with Crippen molar-refractivity contribution < 1.29 is 14.3 Å². The fourth-order valence-electron chi connectivity index (χ4n) is 1.46. The molecule has 0 atom stereocenters. The SMILES string of the molecule is O=CCc1csc(-c2cccc(F)c2)c1O. The van der Waals surface area contributed by atoms with Crippen LogP contribution in [0.25, 0.3) is 10.4 Å². The highest BCUT2D eigenvalue weighted by atomic mass is 32.1. The number of hydrogen-bond acceptors (Lipinski definition) is 3. The van der Waals surface area contributed by atoms with Gasteiger partial charge in [-0.1, -0.05) is 12.1 Å². The number of halogens is 1. The first-order chi connectivity index (χ1) is 7.72. The van der Waals surface area contributed by atoms with E-state index in [0.717, 1.165) is 6.29 Å². The first kappa shape index (κ1) is 10.8. The van der Waals surface area contributed by atoms with Crippen LogP contribution in [0.2, 0.25) is 0 Å². The van der Waals surface area contributed by atoms with Crippen molar-refractivity contribution in [3.63, 3.8) is 0 Å². The van der Waals surface area contributed by atoms with Crippen molar-refractivity contribution in [1.29, 1.82) is 0 Å². The van der Waals surface area contributed by atoms with Gasteiger partial charge in [0, 0.05) is 12.0 Å². The molecule has 2 aromatic rings. The number of aldehydes is 1. The Balaban J connectivity index is 2.44. The fraction of sp³-hybridized carbons (Fsp3) is 0.0833. The van der Waals surface area contributed by atoms with Crippen molar-refractivity contribution in [1.82, 2.24) is 0 Å². The smallest absolute Gasteiger partial charge is 0.137 e. The minimum absolute atomic E-state index is 0.0719. The molecule has 2 rings (SSSR count). The Morgan fingerprint density at radius 2 is 2.25 bits per heavy atom. The Morgan fingerprint density at radius 3 is 2.94 bits per heavy atom. The lowest BCUT2D eigenvalue weighted by atomic mass is 10.1. The van der Waals surface area contributed by atoms with E-state index in [1.807, 2.05) is 0 Å².